The zero-order valence-electron chi connectivity index (χ0n) is 17.5. The van der Waals surface area contributed by atoms with Crippen molar-refractivity contribution in [3.63, 3.8) is 0 Å². The Bertz CT molecular complexity index is 946. The molecule has 0 unspecified atom stereocenters. The standard InChI is InChI=1S/C24H28FN3O2/c1-17-15-24(11-10-23(30)28(24)22-5-3-4-20(25)14-22)12-13-27(17)16-19-6-8-21(9-7-19)26-18(2)29/h3-9,14,17H,10-13,15-16H2,1-2H3,(H,26,29)/t17-,24+/m1/s1. The largest absolute Gasteiger partial charge is 0.326 e. The average Bonchev–Trinajstić information content (AvgIpc) is 3.01. The van der Waals surface area contributed by atoms with Crippen LogP contribution >= 0.6 is 0 Å². The van der Waals surface area contributed by atoms with Crippen molar-refractivity contribution in [3.05, 3.63) is 59.9 Å². The number of amides is 2. The molecule has 2 atom stereocenters. The molecule has 0 radical (unpaired) electrons. The molecule has 0 aliphatic carbocycles. The Morgan fingerprint density at radius 1 is 1.20 bits per heavy atom. The molecule has 2 fully saturated rings. The van der Waals surface area contributed by atoms with Crippen LogP contribution in [0.25, 0.3) is 0 Å². The van der Waals surface area contributed by atoms with Gasteiger partial charge in [-0.05, 0) is 62.1 Å². The van der Waals surface area contributed by atoms with Gasteiger partial charge in [-0.25, -0.2) is 4.39 Å². The fourth-order valence-corrected chi connectivity index (χ4v) is 5.01. The number of rotatable bonds is 4. The molecule has 2 aliphatic heterocycles. The lowest BCUT2D eigenvalue weighted by Crippen LogP contribution is -2.56. The molecule has 158 valence electrons. The fourth-order valence-electron chi connectivity index (χ4n) is 5.01. The summed E-state index contributed by atoms with van der Waals surface area (Å²) in [7, 11) is 0. The van der Waals surface area contributed by atoms with E-state index in [4.69, 9.17) is 0 Å². The van der Waals surface area contributed by atoms with E-state index in [1.54, 1.807) is 6.07 Å². The van der Waals surface area contributed by atoms with E-state index in [1.165, 1.54) is 24.6 Å². The van der Waals surface area contributed by atoms with Crippen LogP contribution in [-0.2, 0) is 16.1 Å². The molecule has 2 saturated heterocycles. The van der Waals surface area contributed by atoms with Gasteiger partial charge in [0, 0.05) is 43.9 Å². The maximum atomic E-state index is 13.8. The van der Waals surface area contributed by atoms with Crippen LogP contribution in [0.4, 0.5) is 15.8 Å². The number of benzene rings is 2. The first-order chi connectivity index (χ1) is 14.4. The topological polar surface area (TPSA) is 52.7 Å². The normalized spacial score (nSPS) is 24.4. The summed E-state index contributed by atoms with van der Waals surface area (Å²) in [5.41, 5.74) is 2.44. The van der Waals surface area contributed by atoms with Crippen LogP contribution in [-0.4, -0.2) is 34.8 Å². The highest BCUT2D eigenvalue weighted by atomic mass is 19.1. The van der Waals surface area contributed by atoms with E-state index in [0.717, 1.165) is 38.0 Å². The van der Waals surface area contributed by atoms with Gasteiger partial charge >= 0.3 is 0 Å². The van der Waals surface area contributed by atoms with E-state index < -0.39 is 0 Å². The predicted octanol–water partition coefficient (Wildman–Crippen LogP) is 4.33. The molecule has 0 aromatic heterocycles. The molecule has 2 heterocycles. The molecule has 2 aromatic carbocycles. The lowest BCUT2D eigenvalue weighted by atomic mass is 9.81. The minimum Gasteiger partial charge on any atom is -0.326 e. The Morgan fingerprint density at radius 2 is 1.97 bits per heavy atom. The zero-order chi connectivity index (χ0) is 21.3. The second-order valence-electron chi connectivity index (χ2n) is 8.59. The maximum absolute atomic E-state index is 13.8. The Labute approximate surface area is 176 Å². The molecular formula is C24H28FN3O2. The Morgan fingerprint density at radius 3 is 2.63 bits per heavy atom. The van der Waals surface area contributed by atoms with Crippen LogP contribution in [0.3, 0.4) is 0 Å². The molecule has 2 amide bonds. The molecule has 2 aromatic rings. The van der Waals surface area contributed by atoms with E-state index in [1.807, 2.05) is 35.2 Å². The SMILES string of the molecule is CC(=O)Nc1ccc(CN2CC[C@@]3(CCC(=O)N3c3cccc(F)c3)C[C@H]2C)cc1. The summed E-state index contributed by atoms with van der Waals surface area (Å²) in [6.07, 6.45) is 3.10. The smallest absolute Gasteiger partial charge is 0.227 e. The minimum atomic E-state index is -0.310. The van der Waals surface area contributed by atoms with Crippen LogP contribution in [0.2, 0.25) is 0 Å². The van der Waals surface area contributed by atoms with Crippen molar-refractivity contribution in [3.8, 4) is 0 Å². The highest BCUT2D eigenvalue weighted by Gasteiger charge is 2.49. The molecule has 6 heteroatoms. The second kappa shape index (κ2) is 8.19. The summed E-state index contributed by atoms with van der Waals surface area (Å²) in [5, 5.41) is 2.79. The van der Waals surface area contributed by atoms with Crippen molar-refractivity contribution in [2.45, 2.75) is 57.7 Å². The summed E-state index contributed by atoms with van der Waals surface area (Å²) >= 11 is 0. The van der Waals surface area contributed by atoms with Gasteiger partial charge < -0.3 is 10.2 Å². The number of hydrogen-bond donors (Lipinski definition) is 1. The summed E-state index contributed by atoms with van der Waals surface area (Å²) < 4.78 is 13.8. The molecular weight excluding hydrogens is 381 g/mol. The van der Waals surface area contributed by atoms with Crippen molar-refractivity contribution in [1.29, 1.82) is 0 Å². The first-order valence-corrected chi connectivity index (χ1v) is 10.6. The number of nitrogens with zero attached hydrogens (tertiary/aromatic N) is 2. The van der Waals surface area contributed by atoms with Crippen molar-refractivity contribution in [1.82, 2.24) is 4.90 Å². The molecule has 4 rings (SSSR count). The van der Waals surface area contributed by atoms with E-state index in [9.17, 15) is 14.0 Å². The number of likely N-dealkylation sites (tertiary alicyclic amines) is 1. The number of nitrogens with one attached hydrogen (secondary N) is 1. The van der Waals surface area contributed by atoms with Crippen LogP contribution in [0, 0.1) is 5.82 Å². The third-order valence-corrected chi connectivity index (χ3v) is 6.42. The number of piperidine rings is 1. The van der Waals surface area contributed by atoms with Gasteiger partial charge in [-0.3, -0.25) is 14.5 Å². The molecule has 30 heavy (non-hydrogen) atoms. The minimum absolute atomic E-state index is 0.0772. The summed E-state index contributed by atoms with van der Waals surface area (Å²) in [4.78, 5) is 28.2. The van der Waals surface area contributed by atoms with Gasteiger partial charge in [0.1, 0.15) is 5.82 Å². The first kappa shape index (κ1) is 20.5. The van der Waals surface area contributed by atoms with Gasteiger partial charge in [0.25, 0.3) is 0 Å². The number of anilines is 2. The number of carbonyl (C=O) groups excluding carboxylic acids is 2. The van der Waals surface area contributed by atoms with Crippen LogP contribution < -0.4 is 10.2 Å². The third-order valence-electron chi connectivity index (χ3n) is 6.42. The maximum Gasteiger partial charge on any atom is 0.227 e. The van der Waals surface area contributed by atoms with Crippen molar-refractivity contribution in [2.75, 3.05) is 16.8 Å². The number of halogens is 1. The van der Waals surface area contributed by atoms with Gasteiger partial charge in [-0.1, -0.05) is 18.2 Å². The fraction of sp³-hybridized carbons (Fsp3) is 0.417. The average molecular weight is 410 g/mol. The van der Waals surface area contributed by atoms with Crippen LogP contribution in [0.15, 0.2) is 48.5 Å². The Kier molecular flexibility index (Phi) is 5.60. The highest BCUT2D eigenvalue weighted by molar-refractivity contribution is 5.97. The molecule has 1 N–H and O–H groups in total. The first-order valence-electron chi connectivity index (χ1n) is 10.6. The van der Waals surface area contributed by atoms with Crippen molar-refractivity contribution >= 4 is 23.2 Å². The van der Waals surface area contributed by atoms with Gasteiger partial charge in [0.15, 0.2) is 0 Å². The number of carbonyl (C=O) groups is 2. The Hall–Kier alpha value is -2.73. The number of hydrogen-bond acceptors (Lipinski definition) is 3. The van der Waals surface area contributed by atoms with E-state index in [0.29, 0.717) is 18.2 Å². The van der Waals surface area contributed by atoms with Crippen molar-refractivity contribution < 1.29 is 14.0 Å². The molecule has 2 aliphatic rings. The summed E-state index contributed by atoms with van der Waals surface area (Å²) in [6, 6.07) is 14.6. The highest BCUT2D eigenvalue weighted by Crippen LogP contribution is 2.44. The van der Waals surface area contributed by atoms with E-state index in [-0.39, 0.29) is 23.2 Å². The van der Waals surface area contributed by atoms with Crippen molar-refractivity contribution in [2.24, 2.45) is 0 Å². The van der Waals surface area contributed by atoms with Gasteiger partial charge in [0.05, 0.1) is 5.54 Å². The van der Waals surface area contributed by atoms with E-state index in [2.05, 4.69) is 17.1 Å². The van der Waals surface area contributed by atoms with Gasteiger partial charge in [0.2, 0.25) is 11.8 Å². The lowest BCUT2D eigenvalue weighted by molar-refractivity contribution is -0.117. The molecule has 1 spiro atoms. The van der Waals surface area contributed by atoms with Crippen LogP contribution in [0.1, 0.15) is 45.1 Å². The lowest BCUT2D eigenvalue weighted by Gasteiger charge is -2.48. The quantitative estimate of drug-likeness (QED) is 0.818. The molecule has 0 saturated carbocycles. The second-order valence-corrected chi connectivity index (χ2v) is 8.59. The summed E-state index contributed by atoms with van der Waals surface area (Å²) in [6.45, 7) is 5.42. The zero-order valence-corrected chi connectivity index (χ0v) is 17.5. The van der Waals surface area contributed by atoms with Gasteiger partial charge in [-0.15, -0.1) is 0 Å². The van der Waals surface area contributed by atoms with E-state index >= 15 is 0 Å². The molecule has 0 bridgehead atoms. The summed E-state index contributed by atoms with van der Waals surface area (Å²) in [5.74, 6) is -0.294. The monoisotopic (exact) mass is 409 g/mol. The predicted molar refractivity (Wildman–Crippen MR) is 116 cm³/mol. The van der Waals surface area contributed by atoms with Crippen LogP contribution in [0.5, 0.6) is 0 Å². The molecule has 5 nitrogen and oxygen atoms in total. The van der Waals surface area contributed by atoms with Gasteiger partial charge in [-0.2, -0.15) is 0 Å². The third kappa shape index (κ3) is 4.10. The Balaban J connectivity index is 1.46.